The predicted octanol–water partition coefficient (Wildman–Crippen LogP) is 1.25. The molecule has 0 aliphatic heterocycles. The maximum Gasteiger partial charge on any atom is 0.243 e. The normalized spacial score (nSPS) is 11.0. The highest BCUT2D eigenvalue weighted by molar-refractivity contribution is 5.87. The van der Waals surface area contributed by atoms with Crippen molar-refractivity contribution in [2.45, 2.75) is 13.8 Å². The number of carbonyl (C=O) groups excluding carboxylic acids is 1. The van der Waals surface area contributed by atoms with Crippen molar-refractivity contribution < 1.29 is 4.79 Å². The molecular formula is C8H13NO. The van der Waals surface area contributed by atoms with Crippen molar-refractivity contribution in [3.63, 3.8) is 0 Å². The van der Waals surface area contributed by atoms with Crippen LogP contribution in [0.1, 0.15) is 13.8 Å². The van der Waals surface area contributed by atoms with Gasteiger partial charge in [-0.25, -0.2) is 0 Å². The molecule has 10 heavy (non-hydrogen) atoms. The summed E-state index contributed by atoms with van der Waals surface area (Å²) in [6, 6.07) is 0. The largest absolute Gasteiger partial charge is 0.349 e. The van der Waals surface area contributed by atoms with Crippen LogP contribution in [-0.2, 0) is 4.79 Å². The first-order chi connectivity index (χ1) is 4.81. The number of nitrogens with one attached hydrogen (secondary N) is 1. The number of carbonyl (C=O) groups is 1. The minimum atomic E-state index is -0.0411. The van der Waals surface area contributed by atoms with Crippen molar-refractivity contribution >= 4 is 5.91 Å². The van der Waals surface area contributed by atoms with Crippen LogP contribution in [0.25, 0.3) is 0 Å². The van der Waals surface area contributed by atoms with Crippen molar-refractivity contribution in [2.75, 3.05) is 6.54 Å². The van der Waals surface area contributed by atoms with Gasteiger partial charge in [-0.05, 0) is 19.9 Å². The topological polar surface area (TPSA) is 29.1 Å². The van der Waals surface area contributed by atoms with E-state index in [2.05, 4.69) is 5.32 Å². The molecule has 0 rings (SSSR count). The Balaban J connectivity index is 3.40. The molecule has 0 radical (unpaired) electrons. The van der Waals surface area contributed by atoms with Gasteiger partial charge in [-0.1, -0.05) is 18.2 Å². The van der Waals surface area contributed by atoms with Gasteiger partial charge in [-0.15, -0.1) is 0 Å². The summed E-state index contributed by atoms with van der Waals surface area (Å²) in [5.41, 5.74) is 0. The summed E-state index contributed by atoms with van der Waals surface area (Å²) in [5, 5.41) is 2.67. The van der Waals surface area contributed by atoms with Crippen LogP contribution >= 0.6 is 0 Å². The molecule has 0 aromatic carbocycles. The summed E-state index contributed by atoms with van der Waals surface area (Å²) >= 11 is 0. The van der Waals surface area contributed by atoms with Crippen LogP contribution in [0.4, 0.5) is 0 Å². The quantitative estimate of drug-likeness (QED) is 0.463. The molecule has 0 heterocycles. The number of allylic oxidation sites excluding steroid dienone is 2. The monoisotopic (exact) mass is 139 g/mol. The van der Waals surface area contributed by atoms with Crippen molar-refractivity contribution in [2.24, 2.45) is 0 Å². The zero-order valence-electron chi connectivity index (χ0n) is 6.42. The van der Waals surface area contributed by atoms with E-state index in [9.17, 15) is 4.79 Å². The van der Waals surface area contributed by atoms with Gasteiger partial charge in [0.1, 0.15) is 0 Å². The second kappa shape index (κ2) is 6.08. The van der Waals surface area contributed by atoms with E-state index in [-0.39, 0.29) is 5.91 Å². The Morgan fingerprint density at radius 2 is 2.10 bits per heavy atom. The van der Waals surface area contributed by atoms with E-state index >= 15 is 0 Å². The smallest absolute Gasteiger partial charge is 0.243 e. The number of amides is 1. The Kier molecular flexibility index (Phi) is 5.44. The highest BCUT2D eigenvalue weighted by Crippen LogP contribution is 1.72. The molecule has 2 nitrogen and oxygen atoms in total. The second-order valence-corrected chi connectivity index (χ2v) is 1.81. The molecule has 0 aromatic heterocycles. The molecule has 0 unspecified atom stereocenters. The van der Waals surface area contributed by atoms with Gasteiger partial charge in [-0.2, -0.15) is 0 Å². The number of hydrogen-bond acceptors (Lipinski definition) is 1. The van der Waals surface area contributed by atoms with E-state index in [0.717, 1.165) is 0 Å². The van der Waals surface area contributed by atoms with Crippen molar-refractivity contribution in [3.05, 3.63) is 24.3 Å². The number of hydrogen-bond donors (Lipinski definition) is 1. The lowest BCUT2D eigenvalue weighted by Crippen LogP contribution is -2.20. The zero-order valence-corrected chi connectivity index (χ0v) is 6.42. The third-order valence-corrected chi connectivity index (χ3v) is 0.948. The van der Waals surface area contributed by atoms with Gasteiger partial charge >= 0.3 is 0 Å². The van der Waals surface area contributed by atoms with E-state index in [4.69, 9.17) is 0 Å². The highest BCUT2D eigenvalue weighted by atomic mass is 16.1. The van der Waals surface area contributed by atoms with Gasteiger partial charge in [0.15, 0.2) is 0 Å². The Labute approximate surface area is 61.6 Å². The molecule has 0 fully saturated rings. The van der Waals surface area contributed by atoms with Crippen molar-refractivity contribution in [1.29, 1.82) is 0 Å². The molecule has 0 spiro atoms. The molecule has 0 aromatic rings. The first-order valence-corrected chi connectivity index (χ1v) is 3.33. The fourth-order valence-electron chi connectivity index (χ4n) is 0.488. The molecule has 2 heteroatoms. The third kappa shape index (κ3) is 5.09. The lowest BCUT2D eigenvalue weighted by atomic mass is 10.4. The summed E-state index contributed by atoms with van der Waals surface area (Å²) in [6.07, 6.45) is 7.01. The fraction of sp³-hybridized carbons (Fsp3) is 0.375. The first-order valence-electron chi connectivity index (χ1n) is 3.33. The van der Waals surface area contributed by atoms with Crippen LogP contribution in [0.2, 0.25) is 0 Å². The van der Waals surface area contributed by atoms with Gasteiger partial charge < -0.3 is 5.32 Å². The second-order valence-electron chi connectivity index (χ2n) is 1.81. The zero-order chi connectivity index (χ0) is 7.82. The minimum absolute atomic E-state index is 0.0411. The van der Waals surface area contributed by atoms with E-state index < -0.39 is 0 Å². The SMILES string of the molecule is C/C=C/CNC(=O)/C=C/C. The summed E-state index contributed by atoms with van der Waals surface area (Å²) in [7, 11) is 0. The standard InChI is InChI=1S/C8H13NO/c1-3-5-7-9-8(10)6-4-2/h3-6H,7H2,1-2H3,(H,9,10)/b5-3+,6-4+. The van der Waals surface area contributed by atoms with Gasteiger partial charge in [0.05, 0.1) is 0 Å². The van der Waals surface area contributed by atoms with Gasteiger partial charge in [0.25, 0.3) is 0 Å². The Hall–Kier alpha value is -1.05. The summed E-state index contributed by atoms with van der Waals surface area (Å²) in [4.78, 5) is 10.7. The van der Waals surface area contributed by atoms with E-state index in [1.54, 1.807) is 6.08 Å². The van der Waals surface area contributed by atoms with E-state index in [1.165, 1.54) is 6.08 Å². The number of rotatable bonds is 3. The van der Waals surface area contributed by atoms with Crippen LogP contribution in [0.5, 0.6) is 0 Å². The van der Waals surface area contributed by atoms with E-state index in [0.29, 0.717) is 6.54 Å². The van der Waals surface area contributed by atoms with Crippen LogP contribution in [0.15, 0.2) is 24.3 Å². The molecule has 0 saturated heterocycles. The molecular weight excluding hydrogens is 126 g/mol. The molecule has 1 N–H and O–H groups in total. The lowest BCUT2D eigenvalue weighted by Gasteiger charge is -1.93. The average Bonchev–Trinajstić information content (AvgIpc) is 1.89. The predicted molar refractivity (Wildman–Crippen MR) is 42.6 cm³/mol. The lowest BCUT2D eigenvalue weighted by molar-refractivity contribution is -0.116. The Morgan fingerprint density at radius 3 is 2.60 bits per heavy atom. The Bertz CT molecular complexity index is 147. The molecule has 56 valence electrons. The van der Waals surface area contributed by atoms with Crippen LogP contribution in [0.3, 0.4) is 0 Å². The molecule has 0 aliphatic carbocycles. The molecule has 0 aliphatic rings. The van der Waals surface area contributed by atoms with Crippen molar-refractivity contribution in [3.8, 4) is 0 Å². The van der Waals surface area contributed by atoms with Gasteiger partial charge in [-0.3, -0.25) is 4.79 Å². The fourth-order valence-corrected chi connectivity index (χ4v) is 0.488. The third-order valence-electron chi connectivity index (χ3n) is 0.948. The van der Waals surface area contributed by atoms with Gasteiger partial charge in [0.2, 0.25) is 5.91 Å². The first kappa shape index (κ1) is 8.95. The van der Waals surface area contributed by atoms with Crippen LogP contribution in [-0.4, -0.2) is 12.5 Å². The minimum Gasteiger partial charge on any atom is -0.349 e. The average molecular weight is 139 g/mol. The van der Waals surface area contributed by atoms with E-state index in [1.807, 2.05) is 26.0 Å². The molecule has 0 atom stereocenters. The highest BCUT2D eigenvalue weighted by Gasteiger charge is 1.87. The maximum absolute atomic E-state index is 10.7. The van der Waals surface area contributed by atoms with Crippen LogP contribution < -0.4 is 5.32 Å². The van der Waals surface area contributed by atoms with Crippen LogP contribution in [0, 0.1) is 0 Å². The molecule has 0 bridgehead atoms. The summed E-state index contributed by atoms with van der Waals surface area (Å²) in [5.74, 6) is -0.0411. The van der Waals surface area contributed by atoms with Gasteiger partial charge in [0, 0.05) is 6.54 Å². The maximum atomic E-state index is 10.7. The van der Waals surface area contributed by atoms with Crippen molar-refractivity contribution in [1.82, 2.24) is 5.32 Å². The summed E-state index contributed by atoms with van der Waals surface area (Å²) in [6.45, 7) is 4.34. The Morgan fingerprint density at radius 1 is 1.40 bits per heavy atom. The molecule has 0 saturated carbocycles. The summed E-state index contributed by atoms with van der Waals surface area (Å²) < 4.78 is 0. The molecule has 1 amide bonds.